The first-order valence-corrected chi connectivity index (χ1v) is 10.8. The first-order valence-electron chi connectivity index (χ1n) is 10.8. The summed E-state index contributed by atoms with van der Waals surface area (Å²) in [6.45, 7) is 4.07. The van der Waals surface area contributed by atoms with E-state index in [0.29, 0.717) is 17.7 Å². The maximum atomic E-state index is 13.4. The number of methoxy groups -OCH3 is 1. The summed E-state index contributed by atoms with van der Waals surface area (Å²) in [4.78, 5) is 33.2. The van der Waals surface area contributed by atoms with E-state index in [4.69, 9.17) is 9.47 Å². The van der Waals surface area contributed by atoms with Crippen LogP contribution in [0.15, 0.2) is 36.5 Å². The number of hydrogen-bond donors (Lipinski definition) is 1. The number of ether oxygens (including phenoxy) is 2. The summed E-state index contributed by atoms with van der Waals surface area (Å²) >= 11 is 0. The Bertz CT molecular complexity index is 985. The normalized spacial score (nSPS) is 19.2. The highest BCUT2D eigenvalue weighted by Gasteiger charge is 2.34. The third-order valence-corrected chi connectivity index (χ3v) is 5.85. The molecular weight excluding hydrogens is 429 g/mol. The van der Waals surface area contributed by atoms with E-state index in [1.54, 1.807) is 43.3 Å². The lowest BCUT2D eigenvalue weighted by atomic mass is 9.99. The maximum Gasteiger partial charge on any atom is 0.259 e. The van der Waals surface area contributed by atoms with Crippen molar-refractivity contribution >= 4 is 11.8 Å². The van der Waals surface area contributed by atoms with Crippen molar-refractivity contribution in [3.8, 4) is 17.0 Å². The Morgan fingerprint density at radius 3 is 2.70 bits per heavy atom. The second-order valence-electron chi connectivity index (χ2n) is 8.41. The van der Waals surface area contributed by atoms with Gasteiger partial charge in [-0.2, -0.15) is 0 Å². The molecule has 1 aromatic carbocycles. The summed E-state index contributed by atoms with van der Waals surface area (Å²) in [6, 6.07) is 7.16. The van der Waals surface area contributed by atoms with Crippen LogP contribution in [0.1, 0.15) is 24.2 Å². The fraction of sp³-hybridized carbons (Fsp3) is 0.458. The van der Waals surface area contributed by atoms with Crippen molar-refractivity contribution in [2.24, 2.45) is 5.92 Å². The molecule has 0 spiro atoms. The third kappa shape index (κ3) is 5.66. The number of hydrogen-bond acceptors (Lipinski definition) is 6. The first kappa shape index (κ1) is 24.6. The molecule has 0 radical (unpaired) electrons. The van der Waals surface area contributed by atoms with Crippen LogP contribution >= 0.6 is 0 Å². The Morgan fingerprint density at radius 1 is 1.36 bits per heavy atom. The number of aromatic nitrogens is 1. The number of benzene rings is 1. The summed E-state index contributed by atoms with van der Waals surface area (Å²) in [7, 11) is 3.13. The van der Waals surface area contributed by atoms with E-state index >= 15 is 0 Å². The minimum Gasteiger partial charge on any atom is -0.472 e. The summed E-state index contributed by atoms with van der Waals surface area (Å²) in [5, 5.41) is 9.76. The van der Waals surface area contributed by atoms with E-state index in [1.807, 2.05) is 6.92 Å². The van der Waals surface area contributed by atoms with Gasteiger partial charge in [-0.15, -0.1) is 0 Å². The molecule has 1 aromatic heterocycles. The van der Waals surface area contributed by atoms with Gasteiger partial charge in [0, 0.05) is 38.4 Å². The molecule has 0 bridgehead atoms. The first-order chi connectivity index (χ1) is 15.7. The molecule has 1 N–H and O–H groups in total. The van der Waals surface area contributed by atoms with Crippen molar-refractivity contribution in [2.45, 2.75) is 26.0 Å². The van der Waals surface area contributed by atoms with Crippen LogP contribution in [-0.4, -0.2) is 84.3 Å². The standard InChI is InChI=1S/C24H30FN3O5/c1-15-11-28(16(2)13-29)24(31)20-9-18(17-5-7-19(25)8-6-17)10-26-23(20)33-21(15)12-27(3)22(30)14-32-4/h5-10,15-16,21,29H,11-14H2,1-4H3/t15-,16+,21-/m1/s1. The molecule has 2 amide bonds. The lowest BCUT2D eigenvalue weighted by Crippen LogP contribution is -2.50. The molecule has 2 aromatic rings. The van der Waals surface area contributed by atoms with Gasteiger partial charge in [0.15, 0.2) is 0 Å². The Labute approximate surface area is 192 Å². The molecule has 1 aliphatic rings. The summed E-state index contributed by atoms with van der Waals surface area (Å²) in [5.74, 6) is -0.842. The van der Waals surface area contributed by atoms with Crippen LogP contribution in [0.2, 0.25) is 0 Å². The summed E-state index contributed by atoms with van der Waals surface area (Å²) < 4.78 is 24.5. The van der Waals surface area contributed by atoms with Crippen molar-refractivity contribution < 1.29 is 28.6 Å². The van der Waals surface area contributed by atoms with Gasteiger partial charge in [-0.3, -0.25) is 9.59 Å². The lowest BCUT2D eigenvalue weighted by molar-refractivity contribution is -0.135. The molecule has 1 aliphatic heterocycles. The maximum absolute atomic E-state index is 13.4. The molecular formula is C24H30FN3O5. The van der Waals surface area contributed by atoms with Crippen molar-refractivity contribution in [3.63, 3.8) is 0 Å². The quantitative estimate of drug-likeness (QED) is 0.683. The zero-order valence-electron chi connectivity index (χ0n) is 19.3. The van der Waals surface area contributed by atoms with Crippen molar-refractivity contribution in [1.29, 1.82) is 0 Å². The highest BCUT2D eigenvalue weighted by molar-refractivity contribution is 5.98. The van der Waals surface area contributed by atoms with Crippen molar-refractivity contribution in [2.75, 3.05) is 40.5 Å². The largest absolute Gasteiger partial charge is 0.472 e. The van der Waals surface area contributed by atoms with Crippen LogP contribution in [-0.2, 0) is 9.53 Å². The predicted octanol–water partition coefficient (Wildman–Crippen LogP) is 2.21. The molecule has 0 saturated heterocycles. The van der Waals surface area contributed by atoms with Gasteiger partial charge in [0.1, 0.15) is 24.1 Å². The number of carbonyl (C=O) groups excluding carboxylic acids is 2. The van der Waals surface area contributed by atoms with Crippen LogP contribution in [0.5, 0.6) is 5.88 Å². The zero-order valence-corrected chi connectivity index (χ0v) is 19.3. The minimum absolute atomic E-state index is 0.0420. The highest BCUT2D eigenvalue weighted by Crippen LogP contribution is 2.30. The molecule has 0 aliphatic carbocycles. The molecule has 33 heavy (non-hydrogen) atoms. The Kier molecular flexibility index (Phi) is 7.99. The minimum atomic E-state index is -0.444. The average Bonchev–Trinajstić information content (AvgIpc) is 2.81. The number of aliphatic hydroxyl groups is 1. The molecule has 3 rings (SSSR count). The molecule has 3 atom stereocenters. The fourth-order valence-electron chi connectivity index (χ4n) is 3.73. The molecule has 8 nitrogen and oxygen atoms in total. The number of aliphatic hydroxyl groups excluding tert-OH is 1. The van der Waals surface area contributed by atoms with Crippen molar-refractivity contribution in [1.82, 2.24) is 14.8 Å². The monoisotopic (exact) mass is 459 g/mol. The van der Waals surface area contributed by atoms with Crippen molar-refractivity contribution in [3.05, 3.63) is 47.9 Å². The number of carbonyl (C=O) groups is 2. The van der Waals surface area contributed by atoms with E-state index in [1.165, 1.54) is 24.1 Å². The number of pyridine rings is 1. The van der Waals surface area contributed by atoms with Gasteiger partial charge in [-0.1, -0.05) is 19.1 Å². The second kappa shape index (κ2) is 10.7. The highest BCUT2D eigenvalue weighted by atomic mass is 19.1. The van der Waals surface area contributed by atoms with E-state index in [9.17, 15) is 19.1 Å². The van der Waals surface area contributed by atoms with E-state index in [-0.39, 0.29) is 54.8 Å². The lowest BCUT2D eigenvalue weighted by Gasteiger charge is -2.37. The van der Waals surface area contributed by atoms with Gasteiger partial charge in [0.25, 0.3) is 5.91 Å². The average molecular weight is 460 g/mol. The molecule has 2 heterocycles. The third-order valence-electron chi connectivity index (χ3n) is 5.85. The van der Waals surface area contributed by atoms with E-state index in [0.717, 1.165) is 0 Å². The molecule has 0 unspecified atom stereocenters. The number of halogens is 1. The number of fused-ring (bicyclic) bond motifs is 1. The van der Waals surface area contributed by atoms with Gasteiger partial charge in [0.05, 0.1) is 19.2 Å². The number of amides is 2. The van der Waals surface area contributed by atoms with Crippen LogP contribution in [0.4, 0.5) is 4.39 Å². The molecule has 0 saturated carbocycles. The van der Waals surface area contributed by atoms with Gasteiger partial charge < -0.3 is 24.4 Å². The number of likely N-dealkylation sites (N-methyl/N-ethyl adjacent to an activating group) is 1. The summed E-state index contributed by atoms with van der Waals surface area (Å²) in [5.41, 5.74) is 1.60. The Hall–Kier alpha value is -3.04. The van der Waals surface area contributed by atoms with E-state index < -0.39 is 12.1 Å². The van der Waals surface area contributed by atoms with E-state index in [2.05, 4.69) is 4.98 Å². The molecule has 9 heteroatoms. The molecule has 0 fully saturated rings. The molecule has 178 valence electrons. The topological polar surface area (TPSA) is 92.2 Å². The zero-order chi connectivity index (χ0) is 24.1. The predicted molar refractivity (Wildman–Crippen MR) is 120 cm³/mol. The fourth-order valence-corrected chi connectivity index (χ4v) is 3.73. The Morgan fingerprint density at radius 2 is 2.06 bits per heavy atom. The van der Waals surface area contributed by atoms with Gasteiger partial charge >= 0.3 is 0 Å². The second-order valence-corrected chi connectivity index (χ2v) is 8.41. The summed E-state index contributed by atoms with van der Waals surface area (Å²) in [6.07, 6.45) is 1.13. The number of nitrogens with zero attached hydrogens (tertiary/aromatic N) is 3. The van der Waals surface area contributed by atoms with Gasteiger partial charge in [0.2, 0.25) is 11.8 Å². The smallest absolute Gasteiger partial charge is 0.259 e. The van der Waals surface area contributed by atoms with Gasteiger partial charge in [-0.05, 0) is 30.7 Å². The van der Waals surface area contributed by atoms with Gasteiger partial charge in [-0.25, -0.2) is 9.37 Å². The van der Waals surface area contributed by atoms with Crippen LogP contribution < -0.4 is 4.74 Å². The van der Waals surface area contributed by atoms with Crippen LogP contribution in [0.25, 0.3) is 11.1 Å². The SMILES string of the molecule is COCC(=O)N(C)C[C@H]1Oc2ncc(-c3ccc(F)cc3)cc2C(=O)N([C@@H](C)CO)C[C@H]1C. The van der Waals surface area contributed by atoms with Crippen LogP contribution in [0.3, 0.4) is 0 Å². The number of rotatable bonds is 7. The Balaban J connectivity index is 2.00. The van der Waals surface area contributed by atoms with Crippen LogP contribution in [0, 0.1) is 11.7 Å².